The Labute approximate surface area is 292 Å². The molecule has 10 nitrogen and oxygen atoms in total. The third kappa shape index (κ3) is 8.01. The highest BCUT2D eigenvalue weighted by molar-refractivity contribution is 6.79. The van der Waals surface area contributed by atoms with Gasteiger partial charge in [-0.25, -0.2) is 9.78 Å². The first kappa shape index (κ1) is 36.1. The molecule has 3 aromatic rings. The number of anilines is 1. The van der Waals surface area contributed by atoms with Crippen LogP contribution in [0.4, 0.5) is 10.5 Å². The highest BCUT2D eigenvalue weighted by atomic mass is 28.3. The van der Waals surface area contributed by atoms with Crippen LogP contribution in [0.3, 0.4) is 0 Å². The summed E-state index contributed by atoms with van der Waals surface area (Å²) in [7, 11) is 1.23. The fourth-order valence-corrected chi connectivity index (χ4v) is 9.75. The SMILES string of the molecule is CNC(=O)OC1([Si](C)(C)C)CCC(C(=O)N(CC2CCC(c3ccc(OC)c(C#N)n3)CC2)c2cccc(-c3cnn(C(C)C)c3)c2)CC1. The van der Waals surface area contributed by atoms with Crippen molar-refractivity contribution in [3.05, 3.63) is 60.2 Å². The van der Waals surface area contributed by atoms with Crippen LogP contribution in [-0.2, 0) is 9.53 Å². The van der Waals surface area contributed by atoms with Gasteiger partial charge in [0.05, 0.1) is 21.4 Å². The monoisotopic (exact) mass is 684 g/mol. The number of rotatable bonds is 10. The van der Waals surface area contributed by atoms with E-state index < -0.39 is 19.4 Å². The van der Waals surface area contributed by atoms with Gasteiger partial charge in [0, 0.05) is 54.6 Å². The van der Waals surface area contributed by atoms with Crippen molar-refractivity contribution in [3.8, 4) is 22.9 Å². The minimum absolute atomic E-state index is 0.144. The average molecular weight is 685 g/mol. The Balaban J connectivity index is 1.37. The van der Waals surface area contributed by atoms with Gasteiger partial charge in [-0.15, -0.1) is 0 Å². The zero-order chi connectivity index (χ0) is 35.3. The normalized spacial score (nSPS) is 22.6. The number of ether oxygens (including phenoxy) is 2. The Morgan fingerprint density at radius 3 is 2.39 bits per heavy atom. The second kappa shape index (κ2) is 15.2. The summed E-state index contributed by atoms with van der Waals surface area (Å²) in [6, 6.07) is 14.5. The van der Waals surface area contributed by atoms with Gasteiger partial charge >= 0.3 is 6.09 Å². The maximum atomic E-state index is 14.6. The molecule has 0 spiro atoms. The Morgan fingerprint density at radius 1 is 1.08 bits per heavy atom. The average Bonchev–Trinajstić information content (AvgIpc) is 3.61. The molecule has 2 heterocycles. The number of hydrogen-bond donors (Lipinski definition) is 1. The van der Waals surface area contributed by atoms with Crippen LogP contribution in [0.25, 0.3) is 11.1 Å². The molecule has 2 saturated carbocycles. The van der Waals surface area contributed by atoms with Gasteiger partial charge in [0.25, 0.3) is 0 Å². The van der Waals surface area contributed by atoms with Crippen molar-refractivity contribution in [1.29, 1.82) is 5.26 Å². The summed E-state index contributed by atoms with van der Waals surface area (Å²) in [5, 5.41) is 16.2. The van der Waals surface area contributed by atoms with E-state index in [1.165, 1.54) is 0 Å². The van der Waals surface area contributed by atoms with Gasteiger partial charge in [0.15, 0.2) is 11.4 Å². The van der Waals surface area contributed by atoms with E-state index in [1.807, 2.05) is 34.0 Å². The number of hydrogen-bond acceptors (Lipinski definition) is 7. The minimum Gasteiger partial charge on any atom is -0.494 e. The molecule has 262 valence electrons. The molecular formula is C38H52N6O4Si. The van der Waals surface area contributed by atoms with E-state index in [0.29, 0.717) is 49.6 Å². The third-order valence-electron chi connectivity index (χ3n) is 10.8. The fourth-order valence-electron chi connectivity index (χ4n) is 7.56. The van der Waals surface area contributed by atoms with E-state index in [9.17, 15) is 14.9 Å². The van der Waals surface area contributed by atoms with E-state index in [4.69, 9.17) is 9.47 Å². The largest absolute Gasteiger partial charge is 0.494 e. The molecule has 2 aliphatic carbocycles. The maximum absolute atomic E-state index is 14.6. The van der Waals surface area contributed by atoms with Crippen molar-refractivity contribution < 1.29 is 19.1 Å². The zero-order valence-corrected chi connectivity index (χ0v) is 31.2. The topological polar surface area (TPSA) is 122 Å². The van der Waals surface area contributed by atoms with Crippen molar-refractivity contribution in [2.24, 2.45) is 11.8 Å². The number of nitriles is 1. The van der Waals surface area contributed by atoms with Crippen LogP contribution in [0.5, 0.6) is 5.75 Å². The van der Waals surface area contributed by atoms with Crippen molar-refractivity contribution >= 4 is 25.8 Å². The van der Waals surface area contributed by atoms with Gasteiger partial charge < -0.3 is 19.7 Å². The van der Waals surface area contributed by atoms with Crippen LogP contribution in [0.15, 0.2) is 48.8 Å². The molecular weight excluding hydrogens is 633 g/mol. The number of aromatic nitrogens is 3. The molecule has 1 N–H and O–H groups in total. The number of alkyl carbamates (subject to hydrolysis) is 1. The van der Waals surface area contributed by atoms with Gasteiger partial charge in [-0.05, 0) is 101 Å². The molecule has 0 saturated heterocycles. The van der Waals surface area contributed by atoms with E-state index >= 15 is 0 Å². The lowest BCUT2D eigenvalue weighted by atomic mass is 9.79. The molecule has 2 amide bonds. The van der Waals surface area contributed by atoms with Crippen LogP contribution in [0, 0.1) is 23.2 Å². The standard InChI is InChI=1S/C38H52N6O4Si/c1-26(2)44-25-31(23-41-44)30-9-8-10-32(21-30)43(36(45)29-17-19-38(20-18-29,49(5,6)7)48-37(46)40-3)24-27-11-13-28(14-12-27)33-15-16-35(47-4)34(22-39)42-33/h8-10,15-16,21,23,25-29H,11-14,17-20,24H2,1-7H3,(H,40,46). The maximum Gasteiger partial charge on any atom is 0.407 e. The Bertz CT molecular complexity index is 1660. The summed E-state index contributed by atoms with van der Waals surface area (Å²) in [6.45, 7) is 11.6. The van der Waals surface area contributed by atoms with Crippen LogP contribution in [0.1, 0.15) is 88.6 Å². The summed E-state index contributed by atoms with van der Waals surface area (Å²) >= 11 is 0. The highest BCUT2D eigenvalue weighted by Crippen LogP contribution is 2.43. The van der Waals surface area contributed by atoms with Gasteiger partial charge in [-0.1, -0.05) is 31.8 Å². The van der Waals surface area contributed by atoms with Crippen molar-refractivity contribution in [2.45, 2.75) is 102 Å². The smallest absolute Gasteiger partial charge is 0.407 e. The molecule has 1 aromatic carbocycles. The van der Waals surface area contributed by atoms with Crippen LogP contribution in [-0.4, -0.2) is 60.8 Å². The molecule has 0 unspecified atom stereocenters. The molecule has 49 heavy (non-hydrogen) atoms. The third-order valence-corrected chi connectivity index (χ3v) is 14.1. The lowest BCUT2D eigenvalue weighted by molar-refractivity contribution is -0.124. The molecule has 5 rings (SSSR count). The lowest BCUT2D eigenvalue weighted by Crippen LogP contribution is -2.58. The molecule has 2 aromatic heterocycles. The van der Waals surface area contributed by atoms with Gasteiger partial charge in [0.1, 0.15) is 11.3 Å². The number of amides is 2. The number of methoxy groups -OCH3 is 1. The predicted molar refractivity (Wildman–Crippen MR) is 194 cm³/mol. The van der Waals surface area contributed by atoms with Crippen molar-refractivity contribution in [1.82, 2.24) is 20.1 Å². The second-order valence-electron chi connectivity index (χ2n) is 15.1. The Morgan fingerprint density at radius 2 is 1.80 bits per heavy atom. The molecule has 0 atom stereocenters. The van der Waals surface area contributed by atoms with Gasteiger partial charge in [-0.3, -0.25) is 9.48 Å². The van der Waals surface area contributed by atoms with E-state index in [-0.39, 0.29) is 23.8 Å². The van der Waals surface area contributed by atoms with E-state index in [2.05, 4.69) is 79.4 Å². The molecule has 0 aliphatic heterocycles. The van der Waals surface area contributed by atoms with Crippen molar-refractivity contribution in [2.75, 3.05) is 25.6 Å². The molecule has 11 heteroatoms. The zero-order valence-electron chi connectivity index (χ0n) is 30.2. The summed E-state index contributed by atoms with van der Waals surface area (Å²) in [6.07, 6.45) is 10.2. The van der Waals surface area contributed by atoms with Crippen LogP contribution >= 0.6 is 0 Å². The van der Waals surface area contributed by atoms with Crippen LogP contribution < -0.4 is 15.0 Å². The lowest BCUT2D eigenvalue weighted by Gasteiger charge is -2.47. The minimum atomic E-state index is -1.92. The predicted octanol–water partition coefficient (Wildman–Crippen LogP) is 7.88. The number of carbonyl (C=O) groups excluding carboxylic acids is 2. The first-order valence-corrected chi connectivity index (χ1v) is 21.2. The quantitative estimate of drug-likeness (QED) is 0.216. The number of benzene rings is 1. The van der Waals surface area contributed by atoms with Crippen molar-refractivity contribution in [3.63, 3.8) is 0 Å². The van der Waals surface area contributed by atoms with Gasteiger partial charge in [-0.2, -0.15) is 10.4 Å². The number of pyridine rings is 1. The summed E-state index contributed by atoms with van der Waals surface area (Å²) in [5.74, 6) is 1.11. The highest BCUT2D eigenvalue weighted by Gasteiger charge is 2.50. The molecule has 0 bridgehead atoms. The number of carbonyl (C=O) groups is 2. The molecule has 2 aliphatic rings. The Hall–Kier alpha value is -4.17. The first-order chi connectivity index (χ1) is 23.4. The van der Waals surface area contributed by atoms with E-state index in [1.54, 1.807) is 14.2 Å². The molecule has 0 radical (unpaired) electrons. The summed E-state index contributed by atoms with van der Waals surface area (Å²) in [4.78, 5) is 33.7. The second-order valence-corrected chi connectivity index (χ2v) is 20.5. The number of nitrogens with one attached hydrogen (secondary N) is 1. The van der Waals surface area contributed by atoms with Gasteiger partial charge in [0.2, 0.25) is 5.91 Å². The Kier molecular flexibility index (Phi) is 11.2. The summed E-state index contributed by atoms with van der Waals surface area (Å²) in [5.41, 5.74) is 4.22. The summed E-state index contributed by atoms with van der Waals surface area (Å²) < 4.78 is 13.3. The molecule has 2 fully saturated rings. The van der Waals surface area contributed by atoms with E-state index in [0.717, 1.165) is 48.2 Å². The van der Waals surface area contributed by atoms with Crippen LogP contribution in [0.2, 0.25) is 19.6 Å². The number of nitrogens with zero attached hydrogens (tertiary/aromatic N) is 5. The first-order valence-electron chi connectivity index (χ1n) is 17.7. The fraction of sp³-hybridized carbons (Fsp3) is 0.553.